The van der Waals surface area contributed by atoms with Gasteiger partial charge in [0.2, 0.25) is 0 Å². The molecule has 0 aromatic heterocycles. The zero-order chi connectivity index (χ0) is 8.81. The largest absolute Gasteiger partial charge is 0.311 e. The standard InChI is InChI=1S/C8H16N2.C2H6/c1-2-4-8-7(3-1)9-5-6-10-8;1-2/h7-10H,1-6H2;1-2H3. The molecule has 0 spiro atoms. The van der Waals surface area contributed by atoms with Crippen LogP contribution >= 0.6 is 0 Å². The number of nitrogens with one attached hydrogen (secondary N) is 2. The Labute approximate surface area is 76.1 Å². The Kier molecular flexibility index (Phi) is 4.62. The smallest absolute Gasteiger partial charge is 0.0221 e. The topological polar surface area (TPSA) is 24.1 Å². The van der Waals surface area contributed by atoms with Crippen LogP contribution in [-0.2, 0) is 0 Å². The van der Waals surface area contributed by atoms with E-state index in [4.69, 9.17) is 0 Å². The van der Waals surface area contributed by atoms with Gasteiger partial charge in [-0.25, -0.2) is 0 Å². The fraction of sp³-hybridized carbons (Fsp3) is 1.00. The van der Waals surface area contributed by atoms with Crippen LogP contribution in [0.2, 0.25) is 0 Å². The maximum Gasteiger partial charge on any atom is 0.0221 e. The quantitative estimate of drug-likeness (QED) is 0.576. The van der Waals surface area contributed by atoms with Gasteiger partial charge in [-0.1, -0.05) is 26.7 Å². The molecule has 1 aliphatic carbocycles. The first-order valence-electron chi connectivity index (χ1n) is 5.43. The van der Waals surface area contributed by atoms with Crippen molar-refractivity contribution in [2.75, 3.05) is 13.1 Å². The van der Waals surface area contributed by atoms with E-state index in [1.54, 1.807) is 0 Å². The fourth-order valence-corrected chi connectivity index (χ4v) is 2.13. The van der Waals surface area contributed by atoms with E-state index in [0.29, 0.717) is 0 Å². The summed E-state index contributed by atoms with van der Waals surface area (Å²) >= 11 is 0. The summed E-state index contributed by atoms with van der Waals surface area (Å²) in [4.78, 5) is 0. The summed E-state index contributed by atoms with van der Waals surface area (Å²) in [5.41, 5.74) is 0. The zero-order valence-corrected chi connectivity index (χ0v) is 8.40. The van der Waals surface area contributed by atoms with Gasteiger partial charge in [0.25, 0.3) is 0 Å². The highest BCUT2D eigenvalue weighted by atomic mass is 15.1. The van der Waals surface area contributed by atoms with Crippen molar-refractivity contribution >= 4 is 0 Å². The second-order valence-corrected chi connectivity index (χ2v) is 3.41. The lowest BCUT2D eigenvalue weighted by atomic mass is 9.89. The van der Waals surface area contributed by atoms with Gasteiger partial charge in [0.15, 0.2) is 0 Å². The van der Waals surface area contributed by atoms with Crippen LogP contribution in [0.25, 0.3) is 0 Å². The molecule has 0 aromatic carbocycles. The van der Waals surface area contributed by atoms with Gasteiger partial charge in [0.05, 0.1) is 0 Å². The highest BCUT2D eigenvalue weighted by Crippen LogP contribution is 2.19. The molecular formula is C10H22N2. The molecule has 2 nitrogen and oxygen atoms in total. The Balaban J connectivity index is 0.000000336. The number of rotatable bonds is 0. The third-order valence-corrected chi connectivity index (χ3v) is 2.70. The summed E-state index contributed by atoms with van der Waals surface area (Å²) in [6, 6.07) is 1.59. The number of piperazine rings is 1. The number of fused-ring (bicyclic) bond motifs is 1. The average Bonchev–Trinajstić information content (AvgIpc) is 2.21. The van der Waals surface area contributed by atoms with Crippen molar-refractivity contribution in [3.8, 4) is 0 Å². The van der Waals surface area contributed by atoms with Crippen LogP contribution in [0.1, 0.15) is 39.5 Å². The van der Waals surface area contributed by atoms with Gasteiger partial charge in [0, 0.05) is 25.2 Å². The van der Waals surface area contributed by atoms with Crippen molar-refractivity contribution in [1.82, 2.24) is 10.6 Å². The van der Waals surface area contributed by atoms with Crippen LogP contribution in [0.4, 0.5) is 0 Å². The average molecular weight is 170 g/mol. The summed E-state index contributed by atoms with van der Waals surface area (Å²) in [5.74, 6) is 0. The van der Waals surface area contributed by atoms with Crippen molar-refractivity contribution in [1.29, 1.82) is 0 Å². The molecule has 2 aliphatic rings. The molecule has 0 aromatic rings. The lowest BCUT2D eigenvalue weighted by Crippen LogP contribution is -2.56. The van der Waals surface area contributed by atoms with Gasteiger partial charge in [-0.15, -0.1) is 0 Å². The highest BCUT2D eigenvalue weighted by molar-refractivity contribution is 4.89. The van der Waals surface area contributed by atoms with Gasteiger partial charge in [-0.2, -0.15) is 0 Å². The zero-order valence-electron chi connectivity index (χ0n) is 8.40. The maximum atomic E-state index is 3.56. The summed E-state index contributed by atoms with van der Waals surface area (Å²) in [6.45, 7) is 6.34. The highest BCUT2D eigenvalue weighted by Gasteiger charge is 2.26. The molecule has 0 bridgehead atoms. The summed E-state index contributed by atoms with van der Waals surface area (Å²) in [7, 11) is 0. The van der Waals surface area contributed by atoms with E-state index in [1.807, 2.05) is 13.8 Å². The summed E-state index contributed by atoms with van der Waals surface area (Å²) in [5, 5.41) is 7.12. The molecule has 2 N–H and O–H groups in total. The molecule has 12 heavy (non-hydrogen) atoms. The molecule has 1 saturated heterocycles. The normalized spacial score (nSPS) is 34.5. The number of hydrogen-bond acceptors (Lipinski definition) is 2. The SMILES string of the molecule is C1CCC2NCCNC2C1.CC. The van der Waals surface area contributed by atoms with Gasteiger partial charge < -0.3 is 10.6 Å². The van der Waals surface area contributed by atoms with E-state index in [0.717, 1.165) is 12.1 Å². The first-order valence-corrected chi connectivity index (χ1v) is 5.43. The second-order valence-electron chi connectivity index (χ2n) is 3.41. The molecule has 0 radical (unpaired) electrons. The van der Waals surface area contributed by atoms with Crippen molar-refractivity contribution in [3.63, 3.8) is 0 Å². The Morgan fingerprint density at radius 1 is 0.833 bits per heavy atom. The Bertz CT molecular complexity index is 88.4. The first-order chi connectivity index (χ1) is 5.97. The van der Waals surface area contributed by atoms with Crippen LogP contribution in [-0.4, -0.2) is 25.2 Å². The van der Waals surface area contributed by atoms with Crippen molar-refractivity contribution in [2.45, 2.75) is 51.6 Å². The molecular weight excluding hydrogens is 148 g/mol. The lowest BCUT2D eigenvalue weighted by molar-refractivity contribution is 0.251. The second kappa shape index (κ2) is 5.55. The molecule has 0 amide bonds. The molecule has 1 saturated carbocycles. The third-order valence-electron chi connectivity index (χ3n) is 2.70. The fourth-order valence-electron chi connectivity index (χ4n) is 2.13. The summed E-state index contributed by atoms with van der Waals surface area (Å²) in [6.07, 6.45) is 5.63. The monoisotopic (exact) mass is 170 g/mol. The molecule has 2 rings (SSSR count). The Hall–Kier alpha value is -0.0800. The minimum atomic E-state index is 0.794. The van der Waals surface area contributed by atoms with Gasteiger partial charge >= 0.3 is 0 Å². The minimum absolute atomic E-state index is 0.794. The molecule has 2 atom stereocenters. The van der Waals surface area contributed by atoms with Gasteiger partial charge in [-0.3, -0.25) is 0 Å². The minimum Gasteiger partial charge on any atom is -0.311 e. The van der Waals surface area contributed by atoms with Crippen molar-refractivity contribution in [2.24, 2.45) is 0 Å². The molecule has 72 valence electrons. The lowest BCUT2D eigenvalue weighted by Gasteiger charge is -2.37. The predicted octanol–water partition coefficient (Wildman–Crippen LogP) is 1.52. The van der Waals surface area contributed by atoms with Crippen molar-refractivity contribution in [3.05, 3.63) is 0 Å². The van der Waals surface area contributed by atoms with Crippen LogP contribution in [0.3, 0.4) is 0 Å². The van der Waals surface area contributed by atoms with Crippen LogP contribution in [0.5, 0.6) is 0 Å². The van der Waals surface area contributed by atoms with E-state index in [9.17, 15) is 0 Å². The predicted molar refractivity (Wildman–Crippen MR) is 53.4 cm³/mol. The summed E-state index contributed by atoms with van der Waals surface area (Å²) < 4.78 is 0. The first kappa shape index (κ1) is 10.0. The van der Waals surface area contributed by atoms with E-state index < -0.39 is 0 Å². The molecule has 2 fully saturated rings. The number of hydrogen-bond donors (Lipinski definition) is 2. The van der Waals surface area contributed by atoms with E-state index in [1.165, 1.54) is 38.8 Å². The maximum absolute atomic E-state index is 3.56. The van der Waals surface area contributed by atoms with E-state index >= 15 is 0 Å². The van der Waals surface area contributed by atoms with Crippen LogP contribution < -0.4 is 10.6 Å². The molecule has 2 unspecified atom stereocenters. The van der Waals surface area contributed by atoms with Gasteiger partial charge in [0.1, 0.15) is 0 Å². The third kappa shape index (κ3) is 2.46. The molecule has 2 heteroatoms. The van der Waals surface area contributed by atoms with E-state index in [-0.39, 0.29) is 0 Å². The van der Waals surface area contributed by atoms with Gasteiger partial charge in [-0.05, 0) is 12.8 Å². The van der Waals surface area contributed by atoms with Crippen LogP contribution in [0, 0.1) is 0 Å². The van der Waals surface area contributed by atoms with Crippen molar-refractivity contribution < 1.29 is 0 Å². The molecule has 1 heterocycles. The Morgan fingerprint density at radius 2 is 1.25 bits per heavy atom. The van der Waals surface area contributed by atoms with Crippen LogP contribution in [0.15, 0.2) is 0 Å². The Morgan fingerprint density at radius 3 is 1.67 bits per heavy atom. The van der Waals surface area contributed by atoms with E-state index in [2.05, 4.69) is 10.6 Å². The molecule has 1 aliphatic heterocycles.